The van der Waals surface area contributed by atoms with Crippen LogP contribution in [0.1, 0.15) is 12.0 Å². The first-order valence-electron chi connectivity index (χ1n) is 5.72. The molecule has 0 aliphatic carbocycles. The summed E-state index contributed by atoms with van der Waals surface area (Å²) in [5.74, 6) is -1.10. The average Bonchev–Trinajstić information content (AvgIpc) is 2.37. The van der Waals surface area contributed by atoms with E-state index in [0.29, 0.717) is 6.42 Å². The highest BCUT2D eigenvalue weighted by Crippen LogP contribution is 2.31. The van der Waals surface area contributed by atoms with E-state index in [9.17, 15) is 9.59 Å². The van der Waals surface area contributed by atoms with Gasteiger partial charge in [0.15, 0.2) is 0 Å². The number of aryl methyl sites for hydroxylation is 1. The van der Waals surface area contributed by atoms with E-state index in [1.54, 1.807) is 0 Å². The third-order valence-corrected chi connectivity index (χ3v) is 2.95. The van der Waals surface area contributed by atoms with Gasteiger partial charge in [0.1, 0.15) is 0 Å². The lowest BCUT2D eigenvalue weighted by Gasteiger charge is -2.35. The van der Waals surface area contributed by atoms with E-state index in [1.165, 1.54) is 5.06 Å². The lowest BCUT2D eigenvalue weighted by molar-refractivity contribution is -0.158. The molecule has 2 heterocycles. The highest BCUT2D eigenvalue weighted by molar-refractivity contribution is 5.92. The maximum absolute atomic E-state index is 11.5. The van der Waals surface area contributed by atoms with E-state index in [2.05, 4.69) is 0 Å². The molecular weight excluding hydrogens is 234 g/mol. The quantitative estimate of drug-likeness (QED) is 0.645. The molecule has 2 aliphatic rings. The predicted octanol–water partition coefficient (Wildman–Crippen LogP) is 1.34. The molecule has 0 amide bonds. The molecule has 0 fully saturated rings. The number of hydroxylamine groups is 1. The first kappa shape index (κ1) is 10.8. The van der Waals surface area contributed by atoms with Crippen molar-refractivity contribution in [3.05, 3.63) is 42.0 Å². The van der Waals surface area contributed by atoms with Crippen molar-refractivity contribution in [3.63, 3.8) is 0 Å². The van der Waals surface area contributed by atoms with Crippen LogP contribution in [-0.4, -0.2) is 18.2 Å². The highest BCUT2D eigenvalue weighted by atomic mass is 16.7. The van der Waals surface area contributed by atoms with E-state index >= 15 is 0 Å². The van der Waals surface area contributed by atoms with Gasteiger partial charge in [-0.25, -0.2) is 9.59 Å². The van der Waals surface area contributed by atoms with Gasteiger partial charge in [0.2, 0.25) is 6.23 Å². The number of ether oxygens (including phenoxy) is 1. The summed E-state index contributed by atoms with van der Waals surface area (Å²) >= 11 is 0. The van der Waals surface area contributed by atoms with Crippen LogP contribution in [0, 0.1) is 0 Å². The van der Waals surface area contributed by atoms with Crippen LogP contribution < -0.4 is 5.06 Å². The van der Waals surface area contributed by atoms with Crippen LogP contribution in [0.4, 0.5) is 5.69 Å². The minimum atomic E-state index is -0.576. The molecule has 2 aliphatic heterocycles. The summed E-state index contributed by atoms with van der Waals surface area (Å²) in [7, 11) is 0. The molecule has 92 valence electrons. The van der Waals surface area contributed by atoms with Crippen LogP contribution in [0.5, 0.6) is 0 Å². The Balaban J connectivity index is 2.01. The molecule has 0 spiro atoms. The van der Waals surface area contributed by atoms with Crippen LogP contribution in [0.25, 0.3) is 0 Å². The van der Waals surface area contributed by atoms with Crippen LogP contribution in [0.15, 0.2) is 36.4 Å². The molecule has 0 radical (unpaired) electrons. The molecule has 0 aromatic heterocycles. The number of rotatable bonds is 0. The predicted molar refractivity (Wildman–Crippen MR) is 62.4 cm³/mol. The van der Waals surface area contributed by atoms with Crippen molar-refractivity contribution in [2.75, 3.05) is 5.06 Å². The normalized spacial score (nSPS) is 24.0. The van der Waals surface area contributed by atoms with E-state index in [0.717, 1.165) is 29.8 Å². The maximum atomic E-state index is 11.5. The number of hydrogen-bond donors (Lipinski definition) is 0. The summed E-state index contributed by atoms with van der Waals surface area (Å²) in [6.07, 6.45) is 2.98. The topological polar surface area (TPSA) is 55.8 Å². The van der Waals surface area contributed by atoms with Gasteiger partial charge >= 0.3 is 11.9 Å². The number of esters is 1. The second-order valence-electron chi connectivity index (χ2n) is 4.13. The molecule has 0 saturated carbocycles. The van der Waals surface area contributed by atoms with Crippen LogP contribution in [0.2, 0.25) is 0 Å². The van der Waals surface area contributed by atoms with Gasteiger partial charge < -0.3 is 9.57 Å². The monoisotopic (exact) mass is 245 g/mol. The van der Waals surface area contributed by atoms with Crippen molar-refractivity contribution in [2.24, 2.45) is 0 Å². The summed E-state index contributed by atoms with van der Waals surface area (Å²) in [4.78, 5) is 28.1. The molecule has 0 N–H and O–H groups in total. The third-order valence-electron chi connectivity index (χ3n) is 2.95. The van der Waals surface area contributed by atoms with Gasteiger partial charge in [-0.3, -0.25) is 0 Å². The largest absolute Gasteiger partial charge is 0.435 e. The zero-order valence-electron chi connectivity index (χ0n) is 9.54. The second-order valence-corrected chi connectivity index (χ2v) is 4.13. The number of anilines is 1. The molecule has 1 aromatic carbocycles. The van der Waals surface area contributed by atoms with Crippen molar-refractivity contribution in [2.45, 2.75) is 19.1 Å². The Morgan fingerprint density at radius 2 is 1.89 bits per heavy atom. The number of carbonyl (C=O) groups excluding carboxylic acids is 2. The summed E-state index contributed by atoms with van der Waals surface area (Å²) in [6, 6.07) is 7.59. The number of benzene rings is 1. The van der Waals surface area contributed by atoms with Gasteiger partial charge in [-0.1, -0.05) is 18.2 Å². The smallest absolute Gasteiger partial charge is 0.356 e. The van der Waals surface area contributed by atoms with Gasteiger partial charge in [-0.05, 0) is 18.1 Å². The second kappa shape index (κ2) is 4.18. The zero-order chi connectivity index (χ0) is 12.5. The van der Waals surface area contributed by atoms with Crippen LogP contribution in [-0.2, 0) is 25.6 Å². The summed E-state index contributed by atoms with van der Waals surface area (Å²) in [6.45, 7) is 0. The SMILES string of the molecule is O=C1/C=C/C(=O)ON2c3ccccc3CCC2O1. The lowest BCUT2D eigenvalue weighted by Crippen LogP contribution is -2.44. The number of fused-ring (bicyclic) bond motifs is 3. The molecule has 5 nitrogen and oxygen atoms in total. The van der Waals surface area contributed by atoms with Gasteiger partial charge in [0, 0.05) is 18.6 Å². The molecule has 18 heavy (non-hydrogen) atoms. The fourth-order valence-electron chi connectivity index (χ4n) is 2.14. The van der Waals surface area contributed by atoms with Crippen molar-refractivity contribution < 1.29 is 19.2 Å². The lowest BCUT2D eigenvalue weighted by atomic mass is 10.0. The van der Waals surface area contributed by atoms with Crippen LogP contribution in [0.3, 0.4) is 0 Å². The first-order valence-corrected chi connectivity index (χ1v) is 5.72. The molecule has 0 saturated heterocycles. The fourth-order valence-corrected chi connectivity index (χ4v) is 2.14. The Bertz CT molecular complexity index is 538. The number of hydrogen-bond acceptors (Lipinski definition) is 5. The van der Waals surface area contributed by atoms with E-state index < -0.39 is 18.2 Å². The Morgan fingerprint density at radius 3 is 2.78 bits per heavy atom. The van der Waals surface area contributed by atoms with Crippen molar-refractivity contribution >= 4 is 17.6 Å². The number of nitrogens with zero attached hydrogens (tertiary/aromatic N) is 1. The maximum Gasteiger partial charge on any atom is 0.356 e. The molecule has 0 bridgehead atoms. The third kappa shape index (κ3) is 1.84. The Morgan fingerprint density at radius 1 is 1.11 bits per heavy atom. The van der Waals surface area contributed by atoms with Crippen molar-refractivity contribution in [1.29, 1.82) is 0 Å². The first-order chi connectivity index (χ1) is 8.74. The Kier molecular flexibility index (Phi) is 2.51. The standard InChI is InChI=1S/C13H11NO4/c15-12-7-8-13(16)18-14-10-4-2-1-3-9(10)5-6-11(14)17-12/h1-4,7-8,11H,5-6H2/b8-7+. The minimum Gasteiger partial charge on any atom is -0.435 e. The van der Waals surface area contributed by atoms with Crippen molar-refractivity contribution in [1.82, 2.24) is 0 Å². The molecule has 1 unspecified atom stereocenters. The molecule has 5 heteroatoms. The number of carbonyl (C=O) groups is 2. The van der Waals surface area contributed by atoms with E-state index in [4.69, 9.17) is 9.57 Å². The fraction of sp³-hybridized carbons (Fsp3) is 0.231. The molecular formula is C13H11NO4. The summed E-state index contributed by atoms with van der Waals surface area (Å²) in [5, 5.41) is 1.38. The molecule has 3 rings (SSSR count). The number of para-hydroxylation sites is 1. The summed E-state index contributed by atoms with van der Waals surface area (Å²) in [5.41, 5.74) is 1.84. The average molecular weight is 245 g/mol. The zero-order valence-corrected chi connectivity index (χ0v) is 9.54. The van der Waals surface area contributed by atoms with Crippen LogP contribution >= 0.6 is 0 Å². The molecule has 1 atom stereocenters. The van der Waals surface area contributed by atoms with Gasteiger partial charge in [0.25, 0.3) is 0 Å². The van der Waals surface area contributed by atoms with Gasteiger partial charge in [0.05, 0.1) is 5.69 Å². The summed E-state index contributed by atoms with van der Waals surface area (Å²) < 4.78 is 5.22. The van der Waals surface area contributed by atoms with E-state index in [-0.39, 0.29) is 0 Å². The molecule has 1 aromatic rings. The van der Waals surface area contributed by atoms with E-state index in [1.807, 2.05) is 24.3 Å². The highest BCUT2D eigenvalue weighted by Gasteiger charge is 2.32. The van der Waals surface area contributed by atoms with Gasteiger partial charge in [-0.2, -0.15) is 5.06 Å². The minimum absolute atomic E-state index is 0.527. The van der Waals surface area contributed by atoms with Gasteiger partial charge in [-0.15, -0.1) is 0 Å². The van der Waals surface area contributed by atoms with Crippen molar-refractivity contribution in [3.8, 4) is 0 Å². The Labute approximate surface area is 104 Å². The Hall–Kier alpha value is -2.30.